The summed E-state index contributed by atoms with van der Waals surface area (Å²) in [6.45, 7) is 1.76. The maximum absolute atomic E-state index is 12.9. The van der Waals surface area contributed by atoms with Crippen LogP contribution in [0.5, 0.6) is 17.2 Å². The minimum Gasteiger partial charge on any atom is -0.497 e. The van der Waals surface area contributed by atoms with Gasteiger partial charge in [0.15, 0.2) is 17.3 Å². The lowest BCUT2D eigenvalue weighted by molar-refractivity contribution is 0.103. The van der Waals surface area contributed by atoms with E-state index in [0.29, 0.717) is 39.6 Å². The minimum atomic E-state index is -0.0954. The summed E-state index contributed by atoms with van der Waals surface area (Å²) < 4.78 is 16.1. The van der Waals surface area contributed by atoms with Crippen LogP contribution < -0.4 is 24.8 Å². The van der Waals surface area contributed by atoms with Gasteiger partial charge in [0.05, 0.1) is 32.7 Å². The molecule has 0 spiro atoms. The molecule has 27 heavy (non-hydrogen) atoms. The molecule has 0 amide bonds. The first-order valence-corrected chi connectivity index (χ1v) is 8.42. The molecule has 0 aliphatic carbocycles. The Balaban J connectivity index is 2.48. The number of nitrogen functional groups attached to an aromatic ring is 1. The van der Waals surface area contributed by atoms with Crippen molar-refractivity contribution in [3.8, 4) is 17.2 Å². The molecule has 0 saturated heterocycles. The second kappa shape index (κ2) is 8.49. The van der Waals surface area contributed by atoms with Crippen LogP contribution in [0.2, 0.25) is 0 Å². The Kier molecular flexibility index (Phi) is 6.34. The molecule has 0 aliphatic rings. The van der Waals surface area contributed by atoms with Crippen LogP contribution in [0.25, 0.3) is 6.08 Å². The second-order valence-corrected chi connectivity index (χ2v) is 6.28. The number of nitrogens with zero attached hydrogens (tertiary/aromatic N) is 1. The number of carbonyl (C=O) groups is 1. The number of ketones is 1. The molecule has 0 radical (unpaired) electrons. The Hall–Kier alpha value is -3.15. The zero-order valence-corrected chi connectivity index (χ0v) is 16.6. The molecule has 0 aromatic heterocycles. The van der Waals surface area contributed by atoms with E-state index in [1.54, 1.807) is 64.7 Å². The van der Waals surface area contributed by atoms with Gasteiger partial charge in [0.25, 0.3) is 0 Å². The standard InChI is InChI=1S/C21H26N2O4/c1-13(20(24)14-7-8-17(22)18(11-14)23(2)3)9-15-10-16(25-4)12-19(26-5)21(15)27-6/h7-12H,22H2,1-6H3/b13-9+. The fourth-order valence-electron chi connectivity index (χ4n) is 2.79. The summed E-state index contributed by atoms with van der Waals surface area (Å²) in [6.07, 6.45) is 1.76. The van der Waals surface area contributed by atoms with E-state index in [9.17, 15) is 4.79 Å². The van der Waals surface area contributed by atoms with Gasteiger partial charge in [-0.2, -0.15) is 0 Å². The van der Waals surface area contributed by atoms with E-state index in [2.05, 4.69) is 0 Å². The summed E-state index contributed by atoms with van der Waals surface area (Å²) in [4.78, 5) is 14.8. The van der Waals surface area contributed by atoms with Crippen LogP contribution in [0.1, 0.15) is 22.8 Å². The fourth-order valence-corrected chi connectivity index (χ4v) is 2.79. The maximum atomic E-state index is 12.9. The van der Waals surface area contributed by atoms with E-state index in [1.165, 1.54) is 0 Å². The Labute approximate surface area is 160 Å². The Morgan fingerprint density at radius 3 is 2.30 bits per heavy atom. The zero-order valence-electron chi connectivity index (χ0n) is 16.6. The first-order valence-electron chi connectivity index (χ1n) is 8.42. The molecule has 2 aromatic carbocycles. The van der Waals surface area contributed by atoms with Crippen LogP contribution in [0, 0.1) is 0 Å². The van der Waals surface area contributed by atoms with Gasteiger partial charge < -0.3 is 24.8 Å². The molecule has 6 nitrogen and oxygen atoms in total. The molecule has 0 aliphatic heterocycles. The van der Waals surface area contributed by atoms with E-state index < -0.39 is 0 Å². The van der Waals surface area contributed by atoms with Crippen molar-refractivity contribution in [2.45, 2.75) is 6.92 Å². The molecule has 6 heteroatoms. The van der Waals surface area contributed by atoms with Crippen LogP contribution in [0.3, 0.4) is 0 Å². The van der Waals surface area contributed by atoms with Crippen molar-refractivity contribution in [1.82, 2.24) is 0 Å². The highest BCUT2D eigenvalue weighted by atomic mass is 16.5. The second-order valence-electron chi connectivity index (χ2n) is 6.28. The third-order valence-corrected chi connectivity index (χ3v) is 4.22. The van der Waals surface area contributed by atoms with Gasteiger partial charge in [0.1, 0.15) is 5.75 Å². The summed E-state index contributed by atoms with van der Waals surface area (Å²) >= 11 is 0. The summed E-state index contributed by atoms with van der Waals surface area (Å²) in [6, 6.07) is 8.79. The SMILES string of the molecule is COc1cc(/C=C(\C)C(=O)c2ccc(N)c(N(C)C)c2)c(OC)c(OC)c1. The molecule has 0 bridgehead atoms. The van der Waals surface area contributed by atoms with Crippen molar-refractivity contribution >= 4 is 23.2 Å². The lowest BCUT2D eigenvalue weighted by atomic mass is 10.0. The number of benzene rings is 2. The average Bonchev–Trinajstić information content (AvgIpc) is 2.66. The van der Waals surface area contributed by atoms with E-state index in [0.717, 1.165) is 5.69 Å². The molecule has 2 N–H and O–H groups in total. The first-order chi connectivity index (χ1) is 12.8. The molecule has 0 saturated carbocycles. The lowest BCUT2D eigenvalue weighted by Gasteiger charge is -2.16. The van der Waals surface area contributed by atoms with Crippen LogP contribution in [0.15, 0.2) is 35.9 Å². The van der Waals surface area contributed by atoms with Crippen molar-refractivity contribution in [1.29, 1.82) is 0 Å². The minimum absolute atomic E-state index is 0.0954. The largest absolute Gasteiger partial charge is 0.497 e. The number of hydrogen-bond acceptors (Lipinski definition) is 6. The van der Waals surface area contributed by atoms with Crippen LogP contribution >= 0.6 is 0 Å². The monoisotopic (exact) mass is 370 g/mol. The highest BCUT2D eigenvalue weighted by Crippen LogP contribution is 2.37. The third kappa shape index (κ3) is 4.34. The number of methoxy groups -OCH3 is 3. The number of nitrogens with two attached hydrogens (primary N) is 1. The van der Waals surface area contributed by atoms with E-state index in [4.69, 9.17) is 19.9 Å². The average molecular weight is 370 g/mol. The van der Waals surface area contributed by atoms with Crippen molar-refractivity contribution in [3.63, 3.8) is 0 Å². The van der Waals surface area contributed by atoms with Crippen molar-refractivity contribution in [2.24, 2.45) is 0 Å². The van der Waals surface area contributed by atoms with Gasteiger partial charge in [-0.05, 0) is 42.8 Å². The predicted molar refractivity (Wildman–Crippen MR) is 109 cm³/mol. The zero-order chi connectivity index (χ0) is 20.1. The number of ether oxygens (including phenoxy) is 3. The molecular formula is C21H26N2O4. The Morgan fingerprint density at radius 2 is 1.74 bits per heavy atom. The molecule has 0 atom stereocenters. The van der Waals surface area contributed by atoms with Gasteiger partial charge in [0.2, 0.25) is 0 Å². The summed E-state index contributed by atoms with van der Waals surface area (Å²) in [7, 11) is 8.46. The molecular weight excluding hydrogens is 344 g/mol. The van der Waals surface area contributed by atoms with E-state index >= 15 is 0 Å². The first kappa shape index (κ1) is 20.2. The van der Waals surface area contributed by atoms with Crippen LogP contribution in [0.4, 0.5) is 11.4 Å². The number of rotatable bonds is 7. The van der Waals surface area contributed by atoms with Crippen molar-refractivity contribution < 1.29 is 19.0 Å². The van der Waals surface area contributed by atoms with Gasteiger partial charge >= 0.3 is 0 Å². The van der Waals surface area contributed by atoms with Crippen molar-refractivity contribution in [2.75, 3.05) is 46.1 Å². The number of carbonyl (C=O) groups excluding carboxylic acids is 1. The molecule has 0 heterocycles. The van der Waals surface area contributed by atoms with E-state index in [1.807, 2.05) is 19.0 Å². The summed E-state index contributed by atoms with van der Waals surface area (Å²) in [5.41, 5.74) is 9.22. The van der Waals surface area contributed by atoms with Gasteiger partial charge in [-0.15, -0.1) is 0 Å². The third-order valence-electron chi connectivity index (χ3n) is 4.22. The summed E-state index contributed by atoms with van der Waals surface area (Å²) in [5.74, 6) is 1.59. The van der Waals surface area contributed by atoms with Crippen LogP contribution in [-0.4, -0.2) is 41.2 Å². The number of anilines is 2. The molecule has 0 unspecified atom stereocenters. The number of hydrogen-bond donors (Lipinski definition) is 1. The number of allylic oxidation sites excluding steroid dienone is 1. The predicted octanol–water partition coefficient (Wildman–Crippen LogP) is 3.65. The Bertz CT molecular complexity index is 873. The summed E-state index contributed by atoms with van der Waals surface area (Å²) in [5, 5.41) is 0. The highest BCUT2D eigenvalue weighted by Gasteiger charge is 2.15. The fraction of sp³-hybridized carbons (Fsp3) is 0.286. The van der Waals surface area contributed by atoms with Crippen LogP contribution in [-0.2, 0) is 0 Å². The number of Topliss-reactive ketones (excluding diaryl/α,β-unsaturated/α-hetero) is 1. The molecule has 2 rings (SSSR count). The Morgan fingerprint density at radius 1 is 1.04 bits per heavy atom. The van der Waals surface area contributed by atoms with Gasteiger partial charge in [-0.1, -0.05) is 0 Å². The maximum Gasteiger partial charge on any atom is 0.188 e. The van der Waals surface area contributed by atoms with Gasteiger partial charge in [0, 0.05) is 31.3 Å². The highest BCUT2D eigenvalue weighted by molar-refractivity contribution is 6.11. The van der Waals surface area contributed by atoms with Gasteiger partial charge in [-0.3, -0.25) is 4.79 Å². The lowest BCUT2D eigenvalue weighted by Crippen LogP contribution is -2.12. The van der Waals surface area contributed by atoms with Gasteiger partial charge in [-0.25, -0.2) is 0 Å². The smallest absolute Gasteiger partial charge is 0.188 e. The molecule has 144 valence electrons. The normalized spacial score (nSPS) is 11.1. The van der Waals surface area contributed by atoms with E-state index in [-0.39, 0.29) is 5.78 Å². The quantitative estimate of drug-likeness (QED) is 0.456. The molecule has 0 fully saturated rings. The topological polar surface area (TPSA) is 74.0 Å². The molecule has 2 aromatic rings. The van der Waals surface area contributed by atoms with Crippen molar-refractivity contribution in [3.05, 3.63) is 47.0 Å².